The maximum Gasteiger partial charge on any atom is 0.0303 e. The lowest BCUT2D eigenvalue weighted by atomic mass is 9.81. The van der Waals surface area contributed by atoms with Crippen LogP contribution in [0.1, 0.15) is 78.6 Å². The molecule has 2 fully saturated rings. The number of nitrogens with zero attached hydrogens (tertiary/aromatic N) is 1. The molecular formula is C18H36N2. The van der Waals surface area contributed by atoms with Crippen LogP contribution in [0.5, 0.6) is 0 Å². The fraction of sp³-hybridized carbons (Fsp3) is 1.00. The highest BCUT2D eigenvalue weighted by Crippen LogP contribution is 2.32. The van der Waals surface area contributed by atoms with Crippen LogP contribution in [-0.2, 0) is 0 Å². The topological polar surface area (TPSA) is 15.3 Å². The summed E-state index contributed by atoms with van der Waals surface area (Å²) < 4.78 is 0. The zero-order valence-corrected chi connectivity index (χ0v) is 14.1. The number of hydrogen-bond donors (Lipinski definition) is 1. The van der Waals surface area contributed by atoms with Crippen molar-refractivity contribution < 1.29 is 0 Å². The maximum atomic E-state index is 3.86. The highest BCUT2D eigenvalue weighted by Gasteiger charge is 2.35. The Kier molecular flexibility index (Phi) is 6.35. The van der Waals surface area contributed by atoms with Gasteiger partial charge in [0.15, 0.2) is 0 Å². The summed E-state index contributed by atoms with van der Waals surface area (Å²) in [6, 6.07) is 0.840. The smallest absolute Gasteiger partial charge is 0.0303 e. The van der Waals surface area contributed by atoms with Crippen LogP contribution in [0.3, 0.4) is 0 Å². The second kappa shape index (κ2) is 7.79. The van der Waals surface area contributed by atoms with Crippen molar-refractivity contribution >= 4 is 0 Å². The molecular weight excluding hydrogens is 244 g/mol. The zero-order valence-electron chi connectivity index (χ0n) is 14.1. The lowest BCUT2D eigenvalue weighted by Gasteiger charge is -2.42. The minimum atomic E-state index is 0.374. The zero-order chi connectivity index (χ0) is 14.4. The van der Waals surface area contributed by atoms with Crippen LogP contribution in [0.2, 0.25) is 0 Å². The summed E-state index contributed by atoms with van der Waals surface area (Å²) in [5.74, 6) is 0.971. The van der Waals surface area contributed by atoms with Crippen LogP contribution in [0.4, 0.5) is 0 Å². The quantitative estimate of drug-likeness (QED) is 0.812. The Morgan fingerprint density at radius 1 is 1.05 bits per heavy atom. The fourth-order valence-corrected chi connectivity index (χ4v) is 4.57. The predicted molar refractivity (Wildman–Crippen MR) is 88.2 cm³/mol. The Morgan fingerprint density at radius 2 is 1.75 bits per heavy atom. The molecule has 0 aromatic carbocycles. The fourth-order valence-electron chi connectivity index (χ4n) is 4.57. The van der Waals surface area contributed by atoms with Gasteiger partial charge in [0.1, 0.15) is 0 Å². The molecule has 0 amide bonds. The van der Waals surface area contributed by atoms with E-state index in [0.29, 0.717) is 5.54 Å². The van der Waals surface area contributed by atoms with Gasteiger partial charge in [-0.3, -0.25) is 4.90 Å². The largest absolute Gasteiger partial charge is 0.310 e. The van der Waals surface area contributed by atoms with Crippen LogP contribution in [0, 0.1) is 5.92 Å². The van der Waals surface area contributed by atoms with Gasteiger partial charge in [0.05, 0.1) is 0 Å². The van der Waals surface area contributed by atoms with Gasteiger partial charge in [-0.05, 0) is 57.5 Å². The average Bonchev–Trinajstić information content (AvgIpc) is 2.72. The number of nitrogens with one attached hydrogen (secondary N) is 1. The highest BCUT2D eigenvalue weighted by molar-refractivity contribution is 4.94. The van der Waals surface area contributed by atoms with Gasteiger partial charge in [0, 0.05) is 18.1 Å². The van der Waals surface area contributed by atoms with Gasteiger partial charge in [-0.1, -0.05) is 40.0 Å². The molecule has 1 heterocycles. The first kappa shape index (κ1) is 16.3. The standard InChI is InChI=1S/C18H36N2/c1-4-17(16-11-8-7-9-12-16)20-14-10-13-19-18(5-2,6-3)15-20/h16-17,19H,4-15H2,1-3H3. The van der Waals surface area contributed by atoms with E-state index in [1.807, 2.05) is 0 Å². The molecule has 1 atom stereocenters. The molecule has 0 spiro atoms. The van der Waals surface area contributed by atoms with Crippen molar-refractivity contribution in [3.05, 3.63) is 0 Å². The third-order valence-corrected chi connectivity index (χ3v) is 6.06. The van der Waals surface area contributed by atoms with E-state index in [1.54, 1.807) is 0 Å². The van der Waals surface area contributed by atoms with E-state index in [0.717, 1.165) is 12.0 Å². The van der Waals surface area contributed by atoms with Crippen molar-refractivity contribution in [3.63, 3.8) is 0 Å². The Bertz CT molecular complexity index is 267. The first-order valence-corrected chi connectivity index (χ1v) is 9.23. The molecule has 0 radical (unpaired) electrons. The van der Waals surface area contributed by atoms with Crippen LogP contribution in [-0.4, -0.2) is 36.1 Å². The molecule has 1 aliphatic carbocycles. The summed E-state index contributed by atoms with van der Waals surface area (Å²) in [6.45, 7) is 10.9. The van der Waals surface area contributed by atoms with Gasteiger partial charge in [-0.15, -0.1) is 0 Å². The summed E-state index contributed by atoms with van der Waals surface area (Å²) in [5, 5.41) is 3.86. The molecule has 20 heavy (non-hydrogen) atoms. The Labute approximate surface area is 126 Å². The molecule has 1 unspecified atom stereocenters. The monoisotopic (exact) mass is 280 g/mol. The first-order chi connectivity index (χ1) is 9.74. The molecule has 2 aliphatic rings. The molecule has 2 heteroatoms. The Balaban J connectivity index is 2.06. The minimum Gasteiger partial charge on any atom is -0.310 e. The van der Waals surface area contributed by atoms with Crippen LogP contribution in [0.25, 0.3) is 0 Å². The van der Waals surface area contributed by atoms with Crippen molar-refractivity contribution in [2.24, 2.45) is 5.92 Å². The summed E-state index contributed by atoms with van der Waals surface area (Å²) in [4.78, 5) is 2.86. The summed E-state index contributed by atoms with van der Waals surface area (Å²) in [6.07, 6.45) is 12.6. The molecule has 0 aromatic rings. The van der Waals surface area contributed by atoms with E-state index in [9.17, 15) is 0 Å². The summed E-state index contributed by atoms with van der Waals surface area (Å²) in [7, 11) is 0. The molecule has 2 rings (SSSR count). The van der Waals surface area contributed by atoms with Crippen molar-refractivity contribution in [2.75, 3.05) is 19.6 Å². The Morgan fingerprint density at radius 3 is 2.35 bits per heavy atom. The van der Waals surface area contributed by atoms with E-state index in [4.69, 9.17) is 0 Å². The predicted octanol–water partition coefficient (Wildman–Crippen LogP) is 4.20. The third-order valence-electron chi connectivity index (χ3n) is 6.06. The number of hydrogen-bond acceptors (Lipinski definition) is 2. The van der Waals surface area contributed by atoms with Gasteiger partial charge in [-0.2, -0.15) is 0 Å². The molecule has 2 nitrogen and oxygen atoms in total. The maximum absolute atomic E-state index is 3.86. The minimum absolute atomic E-state index is 0.374. The van der Waals surface area contributed by atoms with Crippen molar-refractivity contribution in [1.82, 2.24) is 10.2 Å². The number of rotatable bonds is 5. The van der Waals surface area contributed by atoms with Crippen LogP contribution < -0.4 is 5.32 Å². The second-order valence-corrected chi connectivity index (χ2v) is 7.11. The van der Waals surface area contributed by atoms with E-state index < -0.39 is 0 Å². The third kappa shape index (κ3) is 3.76. The Hall–Kier alpha value is -0.0800. The highest BCUT2D eigenvalue weighted by atomic mass is 15.2. The lowest BCUT2D eigenvalue weighted by Crippen LogP contribution is -2.53. The molecule has 118 valence electrons. The summed E-state index contributed by atoms with van der Waals surface area (Å²) in [5.41, 5.74) is 0.374. The van der Waals surface area contributed by atoms with Crippen LogP contribution in [0.15, 0.2) is 0 Å². The SMILES string of the molecule is CCC(C1CCCCC1)N1CCCNC(CC)(CC)C1. The van der Waals surface area contributed by atoms with Gasteiger partial charge in [-0.25, -0.2) is 0 Å². The van der Waals surface area contributed by atoms with Crippen molar-refractivity contribution in [2.45, 2.75) is 90.1 Å². The van der Waals surface area contributed by atoms with E-state index in [1.165, 1.54) is 77.4 Å². The van der Waals surface area contributed by atoms with Crippen LogP contribution >= 0.6 is 0 Å². The summed E-state index contributed by atoms with van der Waals surface area (Å²) >= 11 is 0. The van der Waals surface area contributed by atoms with Crippen molar-refractivity contribution in [3.8, 4) is 0 Å². The van der Waals surface area contributed by atoms with E-state index in [-0.39, 0.29) is 0 Å². The molecule has 0 bridgehead atoms. The molecule has 1 saturated heterocycles. The van der Waals surface area contributed by atoms with E-state index >= 15 is 0 Å². The molecule has 1 N–H and O–H groups in total. The average molecular weight is 280 g/mol. The van der Waals surface area contributed by atoms with Crippen molar-refractivity contribution in [1.29, 1.82) is 0 Å². The van der Waals surface area contributed by atoms with Gasteiger partial charge in [0.25, 0.3) is 0 Å². The lowest BCUT2D eigenvalue weighted by molar-refractivity contribution is 0.0887. The van der Waals surface area contributed by atoms with Gasteiger partial charge < -0.3 is 5.32 Å². The second-order valence-electron chi connectivity index (χ2n) is 7.11. The first-order valence-electron chi connectivity index (χ1n) is 9.23. The molecule has 0 aromatic heterocycles. The molecule has 1 saturated carbocycles. The normalized spacial score (nSPS) is 27.1. The van der Waals surface area contributed by atoms with Gasteiger partial charge in [0.2, 0.25) is 0 Å². The van der Waals surface area contributed by atoms with Gasteiger partial charge >= 0.3 is 0 Å². The van der Waals surface area contributed by atoms with E-state index in [2.05, 4.69) is 31.0 Å². The molecule has 1 aliphatic heterocycles.